The molecule has 4 N–H and O–H groups in total. The third-order valence-electron chi connectivity index (χ3n) is 4.09. The van der Waals surface area contributed by atoms with Crippen LogP contribution < -0.4 is 11.1 Å². The first kappa shape index (κ1) is 17.0. The molecule has 124 valence electrons. The lowest BCUT2D eigenvalue weighted by molar-refractivity contribution is -0.132. The molecule has 0 radical (unpaired) electrons. The maximum atomic E-state index is 12.5. The van der Waals surface area contributed by atoms with Gasteiger partial charge in [0.05, 0.1) is 25.1 Å². The Hall–Kier alpha value is -2.41. The first-order chi connectivity index (χ1) is 10.9. The van der Waals surface area contributed by atoms with Crippen LogP contribution >= 0.6 is 0 Å². The largest absolute Gasteiger partial charge is 0.382 e. The van der Waals surface area contributed by atoms with Gasteiger partial charge in [-0.3, -0.25) is 19.9 Å². The zero-order chi connectivity index (χ0) is 17.0. The van der Waals surface area contributed by atoms with Gasteiger partial charge in [-0.25, -0.2) is 0 Å². The van der Waals surface area contributed by atoms with Crippen molar-refractivity contribution >= 4 is 17.8 Å². The summed E-state index contributed by atoms with van der Waals surface area (Å²) in [4.78, 5) is 25.1. The van der Waals surface area contributed by atoms with E-state index in [0.717, 1.165) is 5.56 Å². The topological polar surface area (TPSA) is 109 Å². The number of nitrogens with two attached hydrogens (primary N) is 1. The Morgan fingerprint density at radius 2 is 2.26 bits per heavy atom. The molecule has 0 bridgehead atoms. The van der Waals surface area contributed by atoms with Gasteiger partial charge in [-0.2, -0.15) is 0 Å². The van der Waals surface area contributed by atoms with Gasteiger partial charge >= 0.3 is 0 Å². The number of guanidine groups is 1. The number of carbonyl (C=O) groups excluding carboxylic acids is 2. The highest BCUT2D eigenvalue weighted by Crippen LogP contribution is 2.23. The number of rotatable bonds is 6. The van der Waals surface area contributed by atoms with Gasteiger partial charge in [0.1, 0.15) is 0 Å². The summed E-state index contributed by atoms with van der Waals surface area (Å²) < 4.78 is 5.19. The van der Waals surface area contributed by atoms with Gasteiger partial charge in [0.2, 0.25) is 11.8 Å². The van der Waals surface area contributed by atoms with E-state index in [1.807, 2.05) is 6.92 Å². The van der Waals surface area contributed by atoms with E-state index < -0.39 is 11.4 Å². The summed E-state index contributed by atoms with van der Waals surface area (Å²) >= 11 is 0. The molecule has 1 aliphatic heterocycles. The summed E-state index contributed by atoms with van der Waals surface area (Å²) in [7, 11) is 1.58. The van der Waals surface area contributed by atoms with Crippen LogP contribution in [0, 0.1) is 5.41 Å². The predicted molar refractivity (Wildman–Crippen MR) is 85.9 cm³/mol. The second kappa shape index (κ2) is 6.78. The Morgan fingerprint density at radius 3 is 2.83 bits per heavy atom. The Labute approximate surface area is 135 Å². The van der Waals surface area contributed by atoms with Crippen LogP contribution in [0.3, 0.4) is 0 Å². The average Bonchev–Trinajstić information content (AvgIpc) is 2.51. The van der Waals surface area contributed by atoms with E-state index in [-0.39, 0.29) is 24.8 Å². The van der Waals surface area contributed by atoms with E-state index in [1.165, 1.54) is 4.90 Å². The Balaban J connectivity index is 2.16. The molecule has 1 atom stereocenters. The van der Waals surface area contributed by atoms with E-state index in [1.54, 1.807) is 31.4 Å². The van der Waals surface area contributed by atoms with Gasteiger partial charge in [-0.1, -0.05) is 19.1 Å². The number of ether oxygens (including phenoxy) is 1. The minimum Gasteiger partial charge on any atom is -0.382 e. The normalized spacial score (nSPS) is 21.2. The van der Waals surface area contributed by atoms with Crippen molar-refractivity contribution in [3.63, 3.8) is 0 Å². The molecule has 0 aromatic heterocycles. The highest BCUT2D eigenvalue weighted by molar-refractivity contribution is 5.99. The molecule has 1 fully saturated rings. The van der Waals surface area contributed by atoms with Crippen LogP contribution in [-0.4, -0.2) is 41.9 Å². The first-order valence-electron chi connectivity index (χ1n) is 7.45. The zero-order valence-corrected chi connectivity index (χ0v) is 13.4. The highest BCUT2D eigenvalue weighted by Gasteiger charge is 2.40. The van der Waals surface area contributed by atoms with Crippen LogP contribution in [0.15, 0.2) is 24.3 Å². The second-order valence-corrected chi connectivity index (χ2v) is 5.76. The molecule has 23 heavy (non-hydrogen) atoms. The lowest BCUT2D eigenvalue weighted by Gasteiger charge is -2.42. The molecule has 7 heteroatoms. The fourth-order valence-corrected chi connectivity index (χ4v) is 2.72. The molecule has 1 aromatic rings. The van der Waals surface area contributed by atoms with Crippen molar-refractivity contribution < 1.29 is 14.3 Å². The van der Waals surface area contributed by atoms with E-state index in [9.17, 15) is 9.59 Å². The fourth-order valence-electron chi connectivity index (χ4n) is 2.72. The SMILES string of the molecule is CCC1(COC)CC(=O)N(Cc2cccc(C(N)=O)c2)C(=N)N1. The number of nitrogens with one attached hydrogen (secondary N) is 2. The maximum Gasteiger partial charge on any atom is 0.248 e. The third kappa shape index (κ3) is 3.68. The number of hydrogen-bond donors (Lipinski definition) is 3. The van der Waals surface area contributed by atoms with E-state index >= 15 is 0 Å². The summed E-state index contributed by atoms with van der Waals surface area (Å²) in [6, 6.07) is 6.76. The van der Waals surface area contributed by atoms with Crippen molar-refractivity contribution in [3.05, 3.63) is 35.4 Å². The Kier molecular flexibility index (Phi) is 5.00. The Bertz CT molecular complexity index is 612. The number of carbonyl (C=O) groups is 2. The molecule has 1 unspecified atom stereocenters. The summed E-state index contributed by atoms with van der Waals surface area (Å²) in [5.41, 5.74) is 5.87. The number of primary amides is 1. The molecule has 0 aliphatic carbocycles. The molecule has 1 aromatic carbocycles. The molecule has 2 rings (SSSR count). The molecule has 0 spiro atoms. The lowest BCUT2D eigenvalue weighted by Crippen LogP contribution is -2.63. The van der Waals surface area contributed by atoms with Gasteiger partial charge in [0.15, 0.2) is 5.96 Å². The van der Waals surface area contributed by atoms with Crippen molar-refractivity contribution in [3.8, 4) is 0 Å². The molecule has 7 nitrogen and oxygen atoms in total. The molecule has 0 saturated carbocycles. The summed E-state index contributed by atoms with van der Waals surface area (Å²) in [5, 5.41) is 11.2. The third-order valence-corrected chi connectivity index (χ3v) is 4.09. The lowest BCUT2D eigenvalue weighted by atomic mass is 9.90. The fraction of sp³-hybridized carbons (Fsp3) is 0.438. The highest BCUT2D eigenvalue weighted by atomic mass is 16.5. The quantitative estimate of drug-likeness (QED) is 0.722. The van der Waals surface area contributed by atoms with Crippen LogP contribution in [0.1, 0.15) is 35.7 Å². The van der Waals surface area contributed by atoms with Crippen molar-refractivity contribution in [2.45, 2.75) is 31.8 Å². The number of nitrogens with zero attached hydrogens (tertiary/aromatic N) is 1. The zero-order valence-electron chi connectivity index (χ0n) is 13.4. The van der Waals surface area contributed by atoms with Gasteiger partial charge < -0.3 is 15.8 Å². The van der Waals surface area contributed by atoms with Gasteiger partial charge in [0, 0.05) is 12.7 Å². The van der Waals surface area contributed by atoms with Gasteiger partial charge in [0.25, 0.3) is 0 Å². The number of hydrogen-bond acceptors (Lipinski definition) is 4. The number of benzene rings is 1. The summed E-state index contributed by atoms with van der Waals surface area (Å²) in [5.74, 6) is -0.614. The smallest absolute Gasteiger partial charge is 0.248 e. The minimum atomic E-state index is -0.533. The van der Waals surface area contributed by atoms with E-state index in [2.05, 4.69) is 5.32 Å². The molecule has 1 heterocycles. The summed E-state index contributed by atoms with van der Waals surface area (Å²) in [6.45, 7) is 2.54. The Morgan fingerprint density at radius 1 is 1.52 bits per heavy atom. The molecule has 1 saturated heterocycles. The van der Waals surface area contributed by atoms with Crippen molar-refractivity contribution in [2.75, 3.05) is 13.7 Å². The summed E-state index contributed by atoms with van der Waals surface area (Å²) in [6.07, 6.45) is 0.940. The second-order valence-electron chi connectivity index (χ2n) is 5.76. The van der Waals surface area contributed by atoms with E-state index in [4.69, 9.17) is 15.9 Å². The molecular weight excluding hydrogens is 296 g/mol. The van der Waals surface area contributed by atoms with E-state index in [0.29, 0.717) is 18.6 Å². The van der Waals surface area contributed by atoms with Crippen LogP contribution in [0.2, 0.25) is 0 Å². The standard InChI is InChI=1S/C16H22N4O3/c1-3-16(10-23-2)8-13(21)20(15(18)19-16)9-11-5-4-6-12(7-11)14(17)22/h4-7H,3,8-10H2,1-2H3,(H2,17,22)(H2,18,19). The van der Waals surface area contributed by atoms with Crippen LogP contribution in [0.5, 0.6) is 0 Å². The molecule has 2 amide bonds. The monoisotopic (exact) mass is 318 g/mol. The number of amides is 2. The number of methoxy groups -OCH3 is 1. The predicted octanol–water partition coefficient (Wildman–Crippen LogP) is 0.837. The maximum absolute atomic E-state index is 12.5. The molecule has 1 aliphatic rings. The van der Waals surface area contributed by atoms with Crippen LogP contribution in [-0.2, 0) is 16.1 Å². The van der Waals surface area contributed by atoms with Crippen molar-refractivity contribution in [2.24, 2.45) is 5.73 Å². The molecular formula is C16H22N4O3. The van der Waals surface area contributed by atoms with Crippen molar-refractivity contribution in [1.82, 2.24) is 10.2 Å². The van der Waals surface area contributed by atoms with Crippen molar-refractivity contribution in [1.29, 1.82) is 5.41 Å². The minimum absolute atomic E-state index is 0.0460. The van der Waals surface area contributed by atoms with Crippen LogP contribution in [0.4, 0.5) is 0 Å². The van der Waals surface area contributed by atoms with Gasteiger partial charge in [-0.15, -0.1) is 0 Å². The van der Waals surface area contributed by atoms with Crippen LogP contribution in [0.25, 0.3) is 0 Å². The average molecular weight is 318 g/mol. The van der Waals surface area contributed by atoms with Gasteiger partial charge in [-0.05, 0) is 24.1 Å². The first-order valence-corrected chi connectivity index (χ1v) is 7.45.